The SMILES string of the molecule is O=S1(=O)CCC(NCC2CC=CCC2)c2ccccc21. The maximum Gasteiger partial charge on any atom is 0.178 e. The molecule has 2 unspecified atom stereocenters. The first-order valence-corrected chi connectivity index (χ1v) is 9.02. The Morgan fingerprint density at radius 2 is 2.00 bits per heavy atom. The van der Waals surface area contributed by atoms with E-state index in [1.54, 1.807) is 6.07 Å². The molecule has 1 heterocycles. The molecule has 0 aromatic heterocycles. The normalized spacial score (nSPS) is 28.0. The molecule has 4 heteroatoms. The third-order valence-electron chi connectivity index (χ3n) is 4.34. The van der Waals surface area contributed by atoms with Crippen LogP contribution in [0.3, 0.4) is 0 Å². The van der Waals surface area contributed by atoms with Crippen LogP contribution in [0, 0.1) is 5.92 Å². The predicted molar refractivity (Wildman–Crippen MR) is 80.3 cm³/mol. The number of allylic oxidation sites excluding steroid dienone is 2. The average Bonchev–Trinajstić information content (AvgIpc) is 2.48. The van der Waals surface area contributed by atoms with Crippen LogP contribution in [0.15, 0.2) is 41.3 Å². The van der Waals surface area contributed by atoms with E-state index in [1.165, 1.54) is 12.8 Å². The van der Waals surface area contributed by atoms with Gasteiger partial charge in [-0.3, -0.25) is 0 Å². The van der Waals surface area contributed by atoms with E-state index in [9.17, 15) is 8.42 Å². The van der Waals surface area contributed by atoms with Gasteiger partial charge < -0.3 is 5.32 Å². The van der Waals surface area contributed by atoms with Gasteiger partial charge in [-0.05, 0) is 49.8 Å². The van der Waals surface area contributed by atoms with E-state index in [0.717, 1.165) is 18.5 Å². The number of hydrogen-bond acceptors (Lipinski definition) is 3. The van der Waals surface area contributed by atoms with Crippen LogP contribution in [0.2, 0.25) is 0 Å². The molecule has 3 nitrogen and oxygen atoms in total. The monoisotopic (exact) mass is 291 g/mol. The molecule has 0 radical (unpaired) electrons. The molecule has 0 saturated heterocycles. The van der Waals surface area contributed by atoms with Gasteiger partial charge in [0, 0.05) is 6.04 Å². The van der Waals surface area contributed by atoms with Crippen molar-refractivity contribution in [2.24, 2.45) is 5.92 Å². The first kappa shape index (κ1) is 13.8. The smallest absolute Gasteiger partial charge is 0.178 e. The highest BCUT2D eigenvalue weighted by molar-refractivity contribution is 7.91. The van der Waals surface area contributed by atoms with Crippen molar-refractivity contribution in [3.8, 4) is 0 Å². The van der Waals surface area contributed by atoms with E-state index in [2.05, 4.69) is 17.5 Å². The van der Waals surface area contributed by atoms with Crippen LogP contribution in [0.25, 0.3) is 0 Å². The van der Waals surface area contributed by atoms with Gasteiger partial charge in [0.1, 0.15) is 0 Å². The lowest BCUT2D eigenvalue weighted by Gasteiger charge is -2.28. The standard InChI is InChI=1S/C16H21NO2S/c18-20(19)11-10-15(14-8-4-5-9-16(14)20)17-12-13-6-2-1-3-7-13/h1-2,4-5,8-9,13,15,17H,3,6-7,10-12H2. The quantitative estimate of drug-likeness (QED) is 0.871. The Morgan fingerprint density at radius 3 is 2.80 bits per heavy atom. The lowest BCUT2D eigenvalue weighted by molar-refractivity contribution is 0.395. The molecule has 1 aromatic rings. The zero-order valence-corrected chi connectivity index (χ0v) is 12.4. The zero-order valence-electron chi connectivity index (χ0n) is 11.6. The summed E-state index contributed by atoms with van der Waals surface area (Å²) in [7, 11) is -3.07. The summed E-state index contributed by atoms with van der Waals surface area (Å²) in [5.74, 6) is 0.942. The van der Waals surface area contributed by atoms with Crippen LogP contribution in [0.4, 0.5) is 0 Å². The molecule has 2 aliphatic rings. The second-order valence-corrected chi connectivity index (χ2v) is 7.83. The fraction of sp³-hybridized carbons (Fsp3) is 0.500. The first-order valence-electron chi connectivity index (χ1n) is 7.37. The molecule has 2 atom stereocenters. The number of benzene rings is 1. The van der Waals surface area contributed by atoms with E-state index >= 15 is 0 Å². The minimum atomic E-state index is -3.07. The van der Waals surface area contributed by atoms with E-state index in [1.807, 2.05) is 18.2 Å². The zero-order chi connectivity index (χ0) is 14.0. The molecule has 0 spiro atoms. The van der Waals surface area contributed by atoms with Gasteiger partial charge in [0.15, 0.2) is 9.84 Å². The van der Waals surface area contributed by atoms with Crippen molar-refractivity contribution in [3.05, 3.63) is 42.0 Å². The average molecular weight is 291 g/mol. The summed E-state index contributed by atoms with van der Waals surface area (Å²) >= 11 is 0. The maximum atomic E-state index is 12.1. The van der Waals surface area contributed by atoms with Crippen molar-refractivity contribution < 1.29 is 8.42 Å². The van der Waals surface area contributed by atoms with Gasteiger partial charge in [-0.25, -0.2) is 8.42 Å². The predicted octanol–water partition coefficient (Wildman–Crippen LogP) is 2.85. The fourth-order valence-corrected chi connectivity index (χ4v) is 4.77. The molecule has 0 fully saturated rings. The molecule has 1 aromatic carbocycles. The highest BCUT2D eigenvalue weighted by Crippen LogP contribution is 2.32. The van der Waals surface area contributed by atoms with Crippen LogP contribution in [0.5, 0.6) is 0 Å². The number of rotatable bonds is 3. The van der Waals surface area contributed by atoms with Gasteiger partial charge in [0.25, 0.3) is 0 Å². The third kappa shape index (κ3) is 2.81. The summed E-state index contributed by atoms with van der Waals surface area (Å²) < 4.78 is 24.2. The van der Waals surface area contributed by atoms with Gasteiger partial charge in [0.05, 0.1) is 10.6 Å². The molecular formula is C16H21NO2S. The Labute approximate surface area is 121 Å². The van der Waals surface area contributed by atoms with E-state index in [4.69, 9.17) is 0 Å². The molecule has 20 heavy (non-hydrogen) atoms. The van der Waals surface area contributed by atoms with Gasteiger partial charge in [-0.1, -0.05) is 30.4 Å². The molecule has 0 amide bonds. The van der Waals surface area contributed by atoms with E-state index in [-0.39, 0.29) is 11.8 Å². The summed E-state index contributed by atoms with van der Waals surface area (Å²) in [5.41, 5.74) is 0.949. The largest absolute Gasteiger partial charge is 0.310 e. The summed E-state index contributed by atoms with van der Waals surface area (Å²) in [6.07, 6.45) is 8.73. The molecule has 0 saturated carbocycles. The van der Waals surface area contributed by atoms with Crippen LogP contribution in [0.1, 0.15) is 37.3 Å². The number of fused-ring (bicyclic) bond motifs is 1. The molecular weight excluding hydrogens is 270 g/mol. The van der Waals surface area contributed by atoms with Gasteiger partial charge >= 0.3 is 0 Å². The second kappa shape index (κ2) is 5.70. The lowest BCUT2D eigenvalue weighted by atomic mass is 9.93. The van der Waals surface area contributed by atoms with Crippen molar-refractivity contribution in [1.29, 1.82) is 0 Å². The molecule has 1 aliphatic carbocycles. The Kier molecular flexibility index (Phi) is 3.94. The third-order valence-corrected chi connectivity index (χ3v) is 6.15. The highest BCUT2D eigenvalue weighted by Gasteiger charge is 2.29. The Balaban J connectivity index is 1.73. The fourth-order valence-electron chi connectivity index (χ4n) is 3.15. The van der Waals surface area contributed by atoms with E-state index in [0.29, 0.717) is 17.2 Å². The molecule has 1 N–H and O–H groups in total. The van der Waals surface area contributed by atoms with Crippen molar-refractivity contribution in [2.75, 3.05) is 12.3 Å². The summed E-state index contributed by atoms with van der Waals surface area (Å²) in [6, 6.07) is 7.61. The number of hydrogen-bond donors (Lipinski definition) is 1. The lowest BCUT2D eigenvalue weighted by Crippen LogP contribution is -2.33. The highest BCUT2D eigenvalue weighted by atomic mass is 32.2. The van der Waals surface area contributed by atoms with Crippen molar-refractivity contribution in [1.82, 2.24) is 5.32 Å². The minimum absolute atomic E-state index is 0.181. The van der Waals surface area contributed by atoms with E-state index < -0.39 is 9.84 Å². The minimum Gasteiger partial charge on any atom is -0.310 e. The second-order valence-electron chi connectivity index (χ2n) is 5.76. The topological polar surface area (TPSA) is 46.2 Å². The molecule has 0 bridgehead atoms. The summed E-state index contributed by atoms with van der Waals surface area (Å²) in [5, 5.41) is 3.59. The number of sulfone groups is 1. The van der Waals surface area contributed by atoms with Crippen molar-refractivity contribution in [2.45, 2.75) is 36.6 Å². The maximum absolute atomic E-state index is 12.1. The Hall–Kier alpha value is -1.13. The van der Waals surface area contributed by atoms with Gasteiger partial charge in [-0.15, -0.1) is 0 Å². The van der Waals surface area contributed by atoms with Crippen LogP contribution in [-0.4, -0.2) is 20.7 Å². The Bertz CT molecular complexity index is 607. The summed E-state index contributed by atoms with van der Waals surface area (Å²) in [6.45, 7) is 0.976. The molecule has 1 aliphatic heterocycles. The first-order chi connectivity index (χ1) is 9.67. The van der Waals surface area contributed by atoms with Crippen LogP contribution < -0.4 is 5.32 Å². The molecule has 3 rings (SSSR count). The van der Waals surface area contributed by atoms with Gasteiger partial charge in [0.2, 0.25) is 0 Å². The summed E-state index contributed by atoms with van der Waals surface area (Å²) in [4.78, 5) is 0.521. The van der Waals surface area contributed by atoms with Gasteiger partial charge in [-0.2, -0.15) is 0 Å². The van der Waals surface area contributed by atoms with Crippen LogP contribution >= 0.6 is 0 Å². The van der Waals surface area contributed by atoms with Crippen molar-refractivity contribution >= 4 is 9.84 Å². The molecule has 108 valence electrons. The van der Waals surface area contributed by atoms with Crippen LogP contribution in [-0.2, 0) is 9.84 Å². The van der Waals surface area contributed by atoms with Crippen molar-refractivity contribution in [3.63, 3.8) is 0 Å². The number of nitrogens with one attached hydrogen (secondary N) is 1. The Morgan fingerprint density at radius 1 is 1.15 bits per heavy atom.